The highest BCUT2D eigenvalue weighted by atomic mass is 16.3. The van der Waals surface area contributed by atoms with E-state index in [4.69, 9.17) is 4.42 Å². The molecule has 1 aromatic heterocycles. The molecule has 0 amide bonds. The van der Waals surface area contributed by atoms with Gasteiger partial charge in [-0.15, -0.1) is 0 Å². The summed E-state index contributed by atoms with van der Waals surface area (Å²) in [7, 11) is 0. The summed E-state index contributed by atoms with van der Waals surface area (Å²) >= 11 is 0. The fraction of sp³-hybridized carbons (Fsp3) is 0.357. The largest absolute Gasteiger partial charge is 0.453 e. The maximum Gasteiger partial charge on any atom is 0.194 e. The fourth-order valence-electron chi connectivity index (χ4n) is 1.96. The van der Waals surface area contributed by atoms with Crippen molar-refractivity contribution in [1.82, 2.24) is 0 Å². The molecule has 0 fully saturated rings. The van der Waals surface area contributed by atoms with Crippen LogP contribution in [0.2, 0.25) is 0 Å². The number of hydrogen-bond acceptors (Lipinski definition) is 2. The van der Waals surface area contributed by atoms with E-state index in [1.807, 2.05) is 19.1 Å². The summed E-state index contributed by atoms with van der Waals surface area (Å²) < 4.78 is 5.60. The minimum absolute atomic E-state index is 0.0229. The maximum atomic E-state index is 11.3. The Morgan fingerprint density at radius 3 is 2.56 bits per heavy atom. The summed E-state index contributed by atoms with van der Waals surface area (Å²) in [5.74, 6) is 0.858. The van der Waals surface area contributed by atoms with E-state index in [1.165, 1.54) is 12.5 Å². The molecule has 0 bridgehead atoms. The van der Waals surface area contributed by atoms with Crippen molar-refractivity contribution in [2.45, 2.75) is 33.6 Å². The molecule has 0 aliphatic rings. The highest BCUT2D eigenvalue weighted by Gasteiger charge is 2.14. The second kappa shape index (κ2) is 3.78. The Kier molecular flexibility index (Phi) is 2.58. The van der Waals surface area contributed by atoms with Crippen LogP contribution in [0.15, 0.2) is 22.6 Å². The molecule has 1 aromatic carbocycles. The van der Waals surface area contributed by atoms with Gasteiger partial charge in [0.1, 0.15) is 5.58 Å². The molecule has 2 rings (SSSR count). The molecule has 1 heterocycles. The third kappa shape index (κ3) is 1.64. The third-order valence-corrected chi connectivity index (χ3v) is 2.88. The van der Waals surface area contributed by atoms with Crippen molar-refractivity contribution in [2.24, 2.45) is 0 Å². The van der Waals surface area contributed by atoms with Gasteiger partial charge in [0.2, 0.25) is 0 Å². The number of carbonyl (C=O) groups excluding carboxylic acids is 1. The van der Waals surface area contributed by atoms with Gasteiger partial charge in [-0.1, -0.05) is 26.0 Å². The summed E-state index contributed by atoms with van der Waals surface area (Å²) in [6.45, 7) is 7.82. The van der Waals surface area contributed by atoms with E-state index < -0.39 is 0 Å². The average Bonchev–Trinajstić information content (AvgIpc) is 2.62. The van der Waals surface area contributed by atoms with E-state index in [0.717, 1.165) is 16.5 Å². The molecule has 2 nitrogen and oxygen atoms in total. The van der Waals surface area contributed by atoms with Crippen LogP contribution in [-0.4, -0.2) is 5.78 Å². The zero-order valence-corrected chi connectivity index (χ0v) is 10.1. The number of Topliss-reactive ketones (excluding diaryl/α,β-unsaturated/α-hetero) is 1. The van der Waals surface area contributed by atoms with Crippen LogP contribution in [0.5, 0.6) is 0 Å². The SMILES string of the molecule is CC(=O)c1cc2c(C(C)C)ccc(C)c2o1. The van der Waals surface area contributed by atoms with E-state index in [1.54, 1.807) is 0 Å². The number of benzene rings is 1. The standard InChI is InChI=1S/C14H16O2/c1-8(2)11-6-5-9(3)14-12(11)7-13(16-14)10(4)15/h5-8H,1-4H3. The van der Waals surface area contributed by atoms with Gasteiger partial charge in [0.25, 0.3) is 0 Å². The van der Waals surface area contributed by atoms with Gasteiger partial charge in [-0.3, -0.25) is 4.79 Å². The minimum atomic E-state index is -0.0229. The van der Waals surface area contributed by atoms with Gasteiger partial charge in [0.15, 0.2) is 11.5 Å². The normalized spacial score (nSPS) is 11.3. The van der Waals surface area contributed by atoms with Crippen molar-refractivity contribution in [2.75, 3.05) is 0 Å². The molecular weight excluding hydrogens is 200 g/mol. The average molecular weight is 216 g/mol. The van der Waals surface area contributed by atoms with Crippen LogP contribution in [-0.2, 0) is 0 Å². The quantitative estimate of drug-likeness (QED) is 0.708. The topological polar surface area (TPSA) is 30.2 Å². The van der Waals surface area contributed by atoms with Crippen LogP contribution in [0, 0.1) is 6.92 Å². The molecule has 0 unspecified atom stereocenters. The van der Waals surface area contributed by atoms with Crippen LogP contribution in [0.3, 0.4) is 0 Å². The summed E-state index contributed by atoms with van der Waals surface area (Å²) in [5, 5.41) is 1.07. The van der Waals surface area contributed by atoms with Crippen molar-refractivity contribution in [3.05, 3.63) is 35.1 Å². The van der Waals surface area contributed by atoms with Gasteiger partial charge < -0.3 is 4.42 Å². The van der Waals surface area contributed by atoms with Crippen LogP contribution in [0.25, 0.3) is 11.0 Å². The number of ketones is 1. The first-order chi connectivity index (χ1) is 7.50. The van der Waals surface area contributed by atoms with Crippen LogP contribution in [0.1, 0.15) is 48.4 Å². The minimum Gasteiger partial charge on any atom is -0.453 e. The van der Waals surface area contributed by atoms with Crippen LogP contribution in [0.4, 0.5) is 0 Å². The lowest BCUT2D eigenvalue weighted by Gasteiger charge is -2.07. The maximum absolute atomic E-state index is 11.3. The number of carbonyl (C=O) groups is 1. The predicted molar refractivity (Wildman–Crippen MR) is 65.0 cm³/mol. The van der Waals surface area contributed by atoms with E-state index in [0.29, 0.717) is 11.7 Å². The number of hydrogen-bond donors (Lipinski definition) is 0. The highest BCUT2D eigenvalue weighted by Crippen LogP contribution is 2.30. The van der Waals surface area contributed by atoms with Crippen molar-refractivity contribution < 1.29 is 9.21 Å². The smallest absolute Gasteiger partial charge is 0.194 e. The van der Waals surface area contributed by atoms with Crippen molar-refractivity contribution >= 4 is 16.8 Å². The van der Waals surface area contributed by atoms with Gasteiger partial charge in [-0.2, -0.15) is 0 Å². The van der Waals surface area contributed by atoms with E-state index in [9.17, 15) is 4.79 Å². The van der Waals surface area contributed by atoms with Crippen LogP contribution >= 0.6 is 0 Å². The summed E-state index contributed by atoms with van der Waals surface area (Å²) in [5.41, 5.74) is 3.15. The molecule has 0 saturated heterocycles. The lowest BCUT2D eigenvalue weighted by molar-refractivity contribution is 0.0989. The molecule has 84 valence electrons. The first-order valence-electron chi connectivity index (χ1n) is 5.54. The Balaban J connectivity index is 2.77. The number of fused-ring (bicyclic) bond motifs is 1. The molecule has 0 aliphatic carbocycles. The van der Waals surface area contributed by atoms with Crippen molar-refractivity contribution in [3.63, 3.8) is 0 Å². The Bertz CT molecular complexity index is 547. The lowest BCUT2D eigenvalue weighted by atomic mass is 9.97. The van der Waals surface area contributed by atoms with Gasteiger partial charge in [0.05, 0.1) is 0 Å². The molecule has 2 heteroatoms. The van der Waals surface area contributed by atoms with E-state index in [2.05, 4.69) is 19.9 Å². The van der Waals surface area contributed by atoms with Gasteiger partial charge in [-0.25, -0.2) is 0 Å². The van der Waals surface area contributed by atoms with Gasteiger partial charge >= 0.3 is 0 Å². The zero-order valence-electron chi connectivity index (χ0n) is 10.1. The third-order valence-electron chi connectivity index (χ3n) is 2.88. The Labute approximate surface area is 95.3 Å². The van der Waals surface area contributed by atoms with Crippen LogP contribution < -0.4 is 0 Å². The molecule has 0 spiro atoms. The van der Waals surface area contributed by atoms with E-state index >= 15 is 0 Å². The molecule has 0 aliphatic heterocycles. The van der Waals surface area contributed by atoms with Crippen molar-refractivity contribution in [1.29, 1.82) is 0 Å². The molecule has 0 saturated carbocycles. The highest BCUT2D eigenvalue weighted by molar-refractivity contribution is 5.97. The molecular formula is C14H16O2. The summed E-state index contributed by atoms with van der Waals surface area (Å²) in [6.07, 6.45) is 0. The molecule has 0 radical (unpaired) electrons. The molecule has 0 atom stereocenters. The molecule has 0 N–H and O–H groups in total. The molecule has 16 heavy (non-hydrogen) atoms. The first-order valence-corrected chi connectivity index (χ1v) is 5.54. The zero-order chi connectivity index (χ0) is 11.9. The predicted octanol–water partition coefficient (Wildman–Crippen LogP) is 4.07. The number of furan rings is 1. The Hall–Kier alpha value is -1.57. The Morgan fingerprint density at radius 1 is 1.31 bits per heavy atom. The summed E-state index contributed by atoms with van der Waals surface area (Å²) in [4.78, 5) is 11.3. The summed E-state index contributed by atoms with van der Waals surface area (Å²) in [6, 6.07) is 6.02. The monoisotopic (exact) mass is 216 g/mol. The second-order valence-corrected chi connectivity index (χ2v) is 4.54. The Morgan fingerprint density at radius 2 is 2.00 bits per heavy atom. The fourth-order valence-corrected chi connectivity index (χ4v) is 1.96. The lowest BCUT2D eigenvalue weighted by Crippen LogP contribution is -1.88. The van der Waals surface area contributed by atoms with E-state index in [-0.39, 0.29) is 5.78 Å². The van der Waals surface area contributed by atoms with Gasteiger partial charge in [0, 0.05) is 12.3 Å². The number of rotatable bonds is 2. The van der Waals surface area contributed by atoms with Crippen molar-refractivity contribution in [3.8, 4) is 0 Å². The second-order valence-electron chi connectivity index (χ2n) is 4.54. The first kappa shape index (κ1) is 10.9. The molecule has 2 aromatic rings. The number of aryl methyl sites for hydroxylation is 1. The van der Waals surface area contributed by atoms with Gasteiger partial charge in [-0.05, 0) is 30.0 Å².